The molecule has 9 heteroatoms. The van der Waals surface area contributed by atoms with Crippen molar-refractivity contribution in [3.8, 4) is 17.6 Å². The van der Waals surface area contributed by atoms with Crippen molar-refractivity contribution in [3.05, 3.63) is 81.9 Å². The van der Waals surface area contributed by atoms with Crippen LogP contribution in [-0.2, 0) is 27.6 Å². The average Bonchev–Trinajstić information content (AvgIpc) is 2.81. The molecular weight excluding hydrogens is 486 g/mol. The van der Waals surface area contributed by atoms with Crippen LogP contribution in [0.5, 0.6) is 11.5 Å². The molecule has 0 amide bonds. The molecule has 0 radical (unpaired) electrons. The fourth-order valence-electron chi connectivity index (χ4n) is 3.54. The number of halogens is 1. The lowest BCUT2D eigenvalue weighted by Gasteiger charge is -2.27. The highest BCUT2D eigenvalue weighted by Crippen LogP contribution is 2.38. The standard InChI is InChI=1S/C26H28ClN3O4S/c1-5-10-33-25-18(13-28)11-20(12-24(25)27)26(2,3)19-6-8-23(9-7-19)34-16-21-14-29-15-22(30-21)17-35(4,31)32/h6-9,11-12,14-15H,5,10,16-17H2,1-4H3. The van der Waals surface area contributed by atoms with Gasteiger partial charge in [0.1, 0.15) is 18.4 Å². The fourth-order valence-corrected chi connectivity index (χ4v) is 4.49. The highest BCUT2D eigenvalue weighted by Gasteiger charge is 2.26. The second kappa shape index (κ2) is 11.1. The summed E-state index contributed by atoms with van der Waals surface area (Å²) in [5, 5.41) is 10.0. The monoisotopic (exact) mass is 513 g/mol. The zero-order valence-corrected chi connectivity index (χ0v) is 21.8. The minimum absolute atomic E-state index is 0.160. The van der Waals surface area contributed by atoms with Crippen molar-refractivity contribution in [2.24, 2.45) is 0 Å². The summed E-state index contributed by atoms with van der Waals surface area (Å²) in [6, 6.07) is 13.5. The Morgan fingerprint density at radius 1 is 1.06 bits per heavy atom. The molecule has 0 aliphatic heterocycles. The van der Waals surface area contributed by atoms with Crippen LogP contribution in [0.15, 0.2) is 48.8 Å². The molecule has 184 valence electrons. The molecule has 3 aromatic rings. The van der Waals surface area contributed by atoms with Gasteiger partial charge in [-0.15, -0.1) is 0 Å². The van der Waals surface area contributed by atoms with Crippen molar-refractivity contribution in [3.63, 3.8) is 0 Å². The topological polar surface area (TPSA) is 102 Å². The van der Waals surface area contributed by atoms with Crippen molar-refractivity contribution >= 4 is 21.4 Å². The SMILES string of the molecule is CCCOc1c(Cl)cc(C(C)(C)c2ccc(OCc3cncc(CS(C)(=O)=O)n3)cc2)cc1C#N. The zero-order chi connectivity index (χ0) is 25.6. The van der Waals surface area contributed by atoms with Gasteiger partial charge in [0.05, 0.1) is 40.5 Å². The van der Waals surface area contributed by atoms with Crippen molar-refractivity contribution in [1.82, 2.24) is 9.97 Å². The molecule has 0 aliphatic carbocycles. The second-order valence-electron chi connectivity index (χ2n) is 8.80. The van der Waals surface area contributed by atoms with E-state index in [0.29, 0.717) is 40.1 Å². The number of ether oxygens (including phenoxy) is 2. The molecule has 0 saturated carbocycles. The Morgan fingerprint density at radius 2 is 1.74 bits per heavy atom. The summed E-state index contributed by atoms with van der Waals surface area (Å²) in [5.74, 6) is 0.892. The number of hydrogen-bond acceptors (Lipinski definition) is 7. The highest BCUT2D eigenvalue weighted by molar-refractivity contribution is 7.89. The maximum atomic E-state index is 11.5. The molecule has 0 aliphatic rings. The predicted molar refractivity (Wildman–Crippen MR) is 135 cm³/mol. The van der Waals surface area contributed by atoms with Crippen LogP contribution in [0.2, 0.25) is 5.02 Å². The molecule has 7 nitrogen and oxygen atoms in total. The van der Waals surface area contributed by atoms with E-state index >= 15 is 0 Å². The molecule has 0 atom stereocenters. The predicted octanol–water partition coefficient (Wildman–Crippen LogP) is 5.24. The first-order valence-electron chi connectivity index (χ1n) is 11.1. The van der Waals surface area contributed by atoms with E-state index in [9.17, 15) is 13.7 Å². The number of sulfone groups is 1. The van der Waals surface area contributed by atoms with Crippen LogP contribution in [0, 0.1) is 11.3 Å². The lowest BCUT2D eigenvalue weighted by atomic mass is 9.77. The Bertz CT molecular complexity index is 1330. The zero-order valence-electron chi connectivity index (χ0n) is 20.2. The second-order valence-corrected chi connectivity index (χ2v) is 11.4. The highest BCUT2D eigenvalue weighted by atomic mass is 35.5. The molecule has 0 fully saturated rings. The molecule has 0 N–H and O–H groups in total. The van der Waals surface area contributed by atoms with Crippen LogP contribution >= 0.6 is 11.6 Å². The van der Waals surface area contributed by atoms with Gasteiger partial charge >= 0.3 is 0 Å². The van der Waals surface area contributed by atoms with E-state index in [-0.39, 0.29) is 12.4 Å². The first-order chi connectivity index (χ1) is 16.5. The molecule has 2 aromatic carbocycles. The van der Waals surface area contributed by atoms with E-state index < -0.39 is 15.3 Å². The van der Waals surface area contributed by atoms with Gasteiger partial charge in [-0.05, 0) is 41.8 Å². The summed E-state index contributed by atoms with van der Waals surface area (Å²) in [5.41, 5.74) is 2.82. The van der Waals surface area contributed by atoms with Gasteiger partial charge in [0.2, 0.25) is 0 Å². The van der Waals surface area contributed by atoms with Gasteiger partial charge in [-0.3, -0.25) is 4.98 Å². The van der Waals surface area contributed by atoms with E-state index in [4.69, 9.17) is 21.1 Å². The lowest BCUT2D eigenvalue weighted by Crippen LogP contribution is -2.19. The van der Waals surface area contributed by atoms with Crippen molar-refractivity contribution in [1.29, 1.82) is 5.26 Å². The quantitative estimate of drug-likeness (QED) is 0.365. The number of aromatic nitrogens is 2. The fraction of sp³-hybridized carbons (Fsp3) is 0.346. The van der Waals surface area contributed by atoms with Crippen molar-refractivity contribution < 1.29 is 17.9 Å². The van der Waals surface area contributed by atoms with Gasteiger partial charge in [0.25, 0.3) is 0 Å². The Morgan fingerprint density at radius 3 is 2.37 bits per heavy atom. The minimum atomic E-state index is -3.19. The Labute approximate surface area is 211 Å². The number of nitrogens with zero attached hydrogens (tertiary/aromatic N) is 3. The molecule has 1 heterocycles. The van der Waals surface area contributed by atoms with Crippen LogP contribution in [0.3, 0.4) is 0 Å². The molecule has 0 spiro atoms. The number of benzene rings is 2. The largest absolute Gasteiger partial charge is 0.491 e. The van der Waals surface area contributed by atoms with E-state index in [1.54, 1.807) is 6.20 Å². The van der Waals surface area contributed by atoms with Crippen LogP contribution in [0.1, 0.15) is 55.3 Å². The van der Waals surface area contributed by atoms with Crippen LogP contribution < -0.4 is 9.47 Å². The van der Waals surface area contributed by atoms with Crippen LogP contribution in [0.25, 0.3) is 0 Å². The van der Waals surface area contributed by atoms with E-state index in [1.807, 2.05) is 43.3 Å². The van der Waals surface area contributed by atoms with Crippen LogP contribution in [-0.4, -0.2) is 31.2 Å². The third-order valence-electron chi connectivity index (χ3n) is 5.44. The number of hydrogen-bond donors (Lipinski definition) is 0. The first kappa shape index (κ1) is 26.5. The van der Waals surface area contributed by atoms with Crippen molar-refractivity contribution in [2.45, 2.75) is 45.0 Å². The summed E-state index contributed by atoms with van der Waals surface area (Å²) >= 11 is 6.47. The van der Waals surface area contributed by atoms with Crippen LogP contribution in [0.4, 0.5) is 0 Å². The molecule has 3 rings (SSSR count). The van der Waals surface area contributed by atoms with Crippen molar-refractivity contribution in [2.75, 3.05) is 12.9 Å². The van der Waals surface area contributed by atoms with Gasteiger partial charge in [-0.25, -0.2) is 13.4 Å². The molecule has 0 saturated heterocycles. The van der Waals surface area contributed by atoms with E-state index in [2.05, 4.69) is 29.9 Å². The maximum Gasteiger partial charge on any atom is 0.155 e. The lowest BCUT2D eigenvalue weighted by molar-refractivity contribution is 0.300. The molecular formula is C26H28ClN3O4S. The third kappa shape index (κ3) is 6.93. The Kier molecular flexibility index (Phi) is 8.36. The van der Waals surface area contributed by atoms with Gasteiger partial charge in [-0.2, -0.15) is 5.26 Å². The third-order valence-corrected chi connectivity index (χ3v) is 6.54. The molecule has 0 bridgehead atoms. The molecule has 1 aromatic heterocycles. The molecule has 35 heavy (non-hydrogen) atoms. The summed E-state index contributed by atoms with van der Waals surface area (Å²) in [6.07, 6.45) is 4.97. The summed E-state index contributed by atoms with van der Waals surface area (Å²) in [7, 11) is -3.19. The van der Waals surface area contributed by atoms with E-state index in [1.165, 1.54) is 6.20 Å². The van der Waals surface area contributed by atoms with Gasteiger partial charge < -0.3 is 9.47 Å². The number of rotatable bonds is 10. The summed E-state index contributed by atoms with van der Waals surface area (Å²) < 4.78 is 34.5. The van der Waals surface area contributed by atoms with Gasteiger partial charge in [-0.1, -0.05) is 44.5 Å². The minimum Gasteiger partial charge on any atom is -0.491 e. The molecule has 0 unspecified atom stereocenters. The normalized spacial score (nSPS) is 11.7. The Hall–Kier alpha value is -3.15. The number of nitriles is 1. The smallest absolute Gasteiger partial charge is 0.155 e. The summed E-state index contributed by atoms with van der Waals surface area (Å²) in [4.78, 5) is 8.36. The van der Waals surface area contributed by atoms with E-state index in [0.717, 1.165) is 23.8 Å². The first-order valence-corrected chi connectivity index (χ1v) is 13.5. The Balaban J connectivity index is 1.75. The van der Waals surface area contributed by atoms with Gasteiger partial charge in [0.15, 0.2) is 15.6 Å². The van der Waals surface area contributed by atoms with Gasteiger partial charge in [0, 0.05) is 17.9 Å². The maximum absolute atomic E-state index is 11.5. The summed E-state index contributed by atoms with van der Waals surface area (Å²) in [6.45, 7) is 6.77. The average molecular weight is 514 g/mol.